The number of carbonyl (C=O) groups is 4. The summed E-state index contributed by atoms with van der Waals surface area (Å²) in [6.07, 6.45) is 8.84. The number of methoxy groups -OCH3 is 1. The second-order valence-corrected chi connectivity index (χ2v) is 23.3. The van der Waals surface area contributed by atoms with Gasteiger partial charge in [0.2, 0.25) is 29.6 Å². The third kappa shape index (κ3) is 15.3. The lowest BCUT2D eigenvalue weighted by Gasteiger charge is -2.36. The van der Waals surface area contributed by atoms with Gasteiger partial charge in [0.05, 0.1) is 41.6 Å². The van der Waals surface area contributed by atoms with Gasteiger partial charge < -0.3 is 45.6 Å². The molecule has 3 fully saturated rings. The summed E-state index contributed by atoms with van der Waals surface area (Å²) in [7, 11) is 1.65. The van der Waals surface area contributed by atoms with Crippen molar-refractivity contribution in [2.24, 2.45) is 5.41 Å². The number of aryl methyl sites for hydroxylation is 2. The Bertz CT molecular complexity index is 2940. The van der Waals surface area contributed by atoms with Crippen molar-refractivity contribution in [3.8, 4) is 16.2 Å². The number of hydrogen-bond acceptors (Lipinski definition) is 15. The number of anilines is 3. The number of nitrogens with one attached hydrogen (secondary N) is 4. The molecule has 3 atom stereocenters. The van der Waals surface area contributed by atoms with Crippen LogP contribution in [0.5, 0.6) is 5.75 Å². The summed E-state index contributed by atoms with van der Waals surface area (Å²) < 4.78 is 13.5. The molecule has 0 radical (unpaired) electrons. The number of unbranched alkanes of at least 4 members (excludes halogenated alkanes) is 3. The van der Waals surface area contributed by atoms with E-state index in [1.807, 2.05) is 88.0 Å². The highest BCUT2D eigenvalue weighted by atomic mass is 32.1. The van der Waals surface area contributed by atoms with Crippen molar-refractivity contribution >= 4 is 63.3 Å². The van der Waals surface area contributed by atoms with Gasteiger partial charge in [0, 0.05) is 107 Å². The third-order valence-electron chi connectivity index (χ3n) is 15.6. The Morgan fingerprint density at radius 1 is 0.899 bits per heavy atom. The van der Waals surface area contributed by atoms with E-state index in [-0.39, 0.29) is 67.9 Å². The van der Waals surface area contributed by atoms with Crippen molar-refractivity contribution < 1.29 is 33.8 Å². The van der Waals surface area contributed by atoms with E-state index >= 15 is 0 Å². The average molecular weight is 1100 g/mol. The first-order valence-electron chi connectivity index (χ1n) is 28.2. The number of piperazine rings is 1. The molecule has 3 aliphatic rings. The molecule has 3 aromatic heterocycles. The van der Waals surface area contributed by atoms with E-state index in [9.17, 15) is 29.1 Å². The Balaban J connectivity index is 0.717. The van der Waals surface area contributed by atoms with E-state index in [4.69, 9.17) is 14.5 Å². The molecule has 5 aromatic rings. The van der Waals surface area contributed by atoms with Crippen LogP contribution in [0.3, 0.4) is 0 Å². The van der Waals surface area contributed by atoms with Crippen LogP contribution >= 0.6 is 11.3 Å². The molecule has 2 saturated heterocycles. The van der Waals surface area contributed by atoms with Gasteiger partial charge in [-0.05, 0) is 93.2 Å². The summed E-state index contributed by atoms with van der Waals surface area (Å²) >= 11 is 1.58. The minimum Gasteiger partial charge on any atom is -0.494 e. The van der Waals surface area contributed by atoms with Gasteiger partial charge in [0.1, 0.15) is 23.5 Å². The summed E-state index contributed by atoms with van der Waals surface area (Å²) in [4.78, 5) is 87.5. The first-order chi connectivity index (χ1) is 38.0. The number of benzene rings is 2. The van der Waals surface area contributed by atoms with Crippen LogP contribution in [0.2, 0.25) is 0 Å². The Kier molecular flexibility index (Phi) is 20.1. The number of nitrogens with zero attached hydrogens (tertiary/aromatic N) is 7. The fourth-order valence-corrected chi connectivity index (χ4v) is 11.8. The van der Waals surface area contributed by atoms with Crippen LogP contribution in [0.15, 0.2) is 65.0 Å². The lowest BCUT2D eigenvalue weighted by atomic mass is 9.85. The van der Waals surface area contributed by atoms with Crippen molar-refractivity contribution in [3.63, 3.8) is 0 Å². The molecule has 2 aliphatic heterocycles. The molecule has 20 heteroatoms. The van der Waals surface area contributed by atoms with Crippen molar-refractivity contribution in [1.82, 2.24) is 45.3 Å². The SMILES string of the molecule is CCC(=O)NC1CCC(n2c(=O)cc(C)c3cnc(Nc4ccc(N5CCN(CCCCCCOCCC(=O)NC(C(=O)N6CC(O)CC6C(=O)NCc6ccc(-c7scnc7C)cc6)C(C)(C)C)CC5)cc4OC)nc32)CC1. The number of likely N-dealkylation sites (tertiary alicyclic amines) is 1. The molecule has 79 heavy (non-hydrogen) atoms. The maximum atomic E-state index is 14.1. The quantitative estimate of drug-likeness (QED) is 0.0409. The predicted molar refractivity (Wildman–Crippen MR) is 309 cm³/mol. The van der Waals surface area contributed by atoms with Crippen molar-refractivity contribution in [2.45, 2.75) is 149 Å². The van der Waals surface area contributed by atoms with Crippen LogP contribution in [0.1, 0.15) is 121 Å². The number of hydrogen-bond donors (Lipinski definition) is 5. The molecule has 1 aliphatic carbocycles. The molecule has 2 aromatic carbocycles. The number of ether oxygens (including phenoxy) is 2. The van der Waals surface area contributed by atoms with Crippen LogP contribution in [-0.2, 0) is 30.5 Å². The topological polar surface area (TPSA) is 225 Å². The zero-order chi connectivity index (χ0) is 56.2. The van der Waals surface area contributed by atoms with Crippen LogP contribution in [0.4, 0.5) is 17.3 Å². The number of aliphatic hydroxyl groups is 1. The van der Waals surface area contributed by atoms with Crippen LogP contribution in [-0.4, -0.2) is 142 Å². The number of amides is 4. The number of aliphatic hydroxyl groups excluding tert-OH is 1. The highest BCUT2D eigenvalue weighted by Crippen LogP contribution is 2.35. The smallest absolute Gasteiger partial charge is 0.252 e. The number of β-amino-alcohol motifs (C(OH)–C–C–N with tert-alkyl or cyclic N) is 1. The van der Waals surface area contributed by atoms with E-state index < -0.39 is 29.5 Å². The van der Waals surface area contributed by atoms with Gasteiger partial charge in [-0.1, -0.05) is 64.8 Å². The summed E-state index contributed by atoms with van der Waals surface area (Å²) in [5.41, 5.74) is 7.25. The van der Waals surface area contributed by atoms with Crippen molar-refractivity contribution in [2.75, 3.05) is 69.8 Å². The Morgan fingerprint density at radius 2 is 1.65 bits per heavy atom. The fraction of sp³-hybridized carbons (Fsp3) is 0.559. The number of pyridine rings is 1. The second-order valence-electron chi connectivity index (χ2n) is 22.5. The van der Waals surface area contributed by atoms with E-state index in [1.165, 1.54) is 4.90 Å². The Morgan fingerprint density at radius 3 is 2.34 bits per heavy atom. The van der Waals surface area contributed by atoms with Crippen LogP contribution in [0.25, 0.3) is 21.5 Å². The second kappa shape index (κ2) is 27.1. The van der Waals surface area contributed by atoms with Gasteiger partial charge in [-0.2, -0.15) is 4.98 Å². The standard InChI is InChI=1S/C59H81N11O8S/c1-8-50(72)63-42-17-19-43(20-18-42)70-52(74)31-38(2)46-35-61-58(66-55(46)70)64-47-22-21-44(32-49(47)77-7)68-27-25-67(26-28-68)24-11-9-10-12-29-78-30-23-51(73)65-54(59(4,5)6)57(76)69-36-45(71)33-48(69)56(75)60-34-40-13-15-41(16-14-40)53-39(3)62-37-79-53/h13-16,21-22,31-32,35,37,42-43,45,48,54,71H,8-12,17-20,23-30,33-34,36H2,1-7H3,(H,60,75)(H,63,72)(H,65,73)(H,61,64,66). The summed E-state index contributed by atoms with van der Waals surface area (Å²) in [6, 6.07) is 14.1. The highest BCUT2D eigenvalue weighted by Gasteiger charge is 2.44. The van der Waals surface area contributed by atoms with E-state index in [0.717, 1.165) is 128 Å². The summed E-state index contributed by atoms with van der Waals surface area (Å²) in [5, 5.41) is 23.8. The molecule has 3 unspecified atom stereocenters. The minimum atomic E-state index is -0.899. The summed E-state index contributed by atoms with van der Waals surface area (Å²) in [6.45, 7) is 17.2. The first-order valence-corrected chi connectivity index (χ1v) is 29.1. The van der Waals surface area contributed by atoms with Gasteiger partial charge in [0.25, 0.3) is 5.56 Å². The molecule has 19 nitrogen and oxygen atoms in total. The Labute approximate surface area is 468 Å². The molecule has 0 bridgehead atoms. The van der Waals surface area contributed by atoms with Gasteiger partial charge in [-0.3, -0.25) is 33.4 Å². The highest BCUT2D eigenvalue weighted by molar-refractivity contribution is 7.13. The van der Waals surface area contributed by atoms with Gasteiger partial charge in [-0.15, -0.1) is 11.3 Å². The predicted octanol–water partition coefficient (Wildman–Crippen LogP) is 7.19. The number of rotatable bonds is 23. The number of carbonyl (C=O) groups excluding carboxylic acids is 4. The largest absolute Gasteiger partial charge is 0.494 e. The molecule has 8 rings (SSSR count). The van der Waals surface area contributed by atoms with Crippen LogP contribution < -0.4 is 36.5 Å². The molecule has 1 saturated carbocycles. The number of fused-ring (bicyclic) bond motifs is 1. The molecule has 4 amide bonds. The molecule has 0 spiro atoms. The lowest BCUT2D eigenvalue weighted by molar-refractivity contribution is -0.144. The molecule has 5 N–H and O–H groups in total. The van der Waals surface area contributed by atoms with Crippen molar-refractivity contribution in [1.29, 1.82) is 0 Å². The fourth-order valence-electron chi connectivity index (χ4n) is 11.0. The lowest BCUT2D eigenvalue weighted by Crippen LogP contribution is -2.57. The van der Waals surface area contributed by atoms with E-state index in [1.54, 1.807) is 30.7 Å². The minimum absolute atomic E-state index is 0.0132. The number of thiazole rings is 1. The average Bonchev–Trinajstić information content (AvgIpc) is 4.18. The van der Waals surface area contributed by atoms with E-state index in [2.05, 4.69) is 47.1 Å². The van der Waals surface area contributed by atoms with Crippen molar-refractivity contribution in [3.05, 3.63) is 87.4 Å². The maximum absolute atomic E-state index is 14.1. The van der Waals surface area contributed by atoms with E-state index in [0.29, 0.717) is 30.4 Å². The molecular formula is C59H81N11O8S. The molecule has 5 heterocycles. The van der Waals surface area contributed by atoms with Gasteiger partial charge >= 0.3 is 0 Å². The first kappa shape index (κ1) is 58.7. The maximum Gasteiger partial charge on any atom is 0.252 e. The Hall–Kier alpha value is -6.48. The summed E-state index contributed by atoms with van der Waals surface area (Å²) in [5.74, 6) is 0.0571. The normalized spacial score (nSPS) is 19.3. The van der Waals surface area contributed by atoms with Gasteiger partial charge in [-0.25, -0.2) is 9.97 Å². The third-order valence-corrected chi connectivity index (χ3v) is 16.6. The van der Waals surface area contributed by atoms with Crippen LogP contribution in [0, 0.1) is 19.3 Å². The molecular weight excluding hydrogens is 1020 g/mol. The van der Waals surface area contributed by atoms with Gasteiger partial charge in [0.15, 0.2) is 0 Å². The zero-order valence-electron chi connectivity index (χ0n) is 47.1. The molecule has 426 valence electrons. The monoisotopic (exact) mass is 1100 g/mol. The zero-order valence-corrected chi connectivity index (χ0v) is 48.0. The number of aromatic nitrogens is 4.